The Morgan fingerprint density at radius 3 is 2.71 bits per heavy atom. The van der Waals surface area contributed by atoms with E-state index in [-0.39, 0.29) is 33.2 Å². The molecule has 0 aliphatic heterocycles. The fourth-order valence-electron chi connectivity index (χ4n) is 1.80. The molecule has 6 nitrogen and oxygen atoms in total. The van der Waals surface area contributed by atoms with Crippen LogP contribution in [0.15, 0.2) is 17.6 Å². The lowest BCUT2D eigenvalue weighted by atomic mass is 10.3. The Morgan fingerprint density at radius 2 is 2.19 bits per heavy atom. The van der Waals surface area contributed by atoms with Crippen molar-refractivity contribution < 1.29 is 13.2 Å². The summed E-state index contributed by atoms with van der Waals surface area (Å²) in [6.45, 7) is 5.38. The number of carbonyl (C=O) groups is 1. The van der Waals surface area contributed by atoms with Gasteiger partial charge in [0, 0.05) is 12.6 Å². The van der Waals surface area contributed by atoms with Crippen LogP contribution in [0.5, 0.6) is 0 Å². The molecule has 1 aliphatic rings. The molecule has 0 saturated heterocycles. The monoisotopic (exact) mass is 329 g/mol. The number of nitrogens with one attached hydrogen (secondary N) is 2. The summed E-state index contributed by atoms with van der Waals surface area (Å²) in [5.41, 5.74) is 5.97. The van der Waals surface area contributed by atoms with Crippen molar-refractivity contribution in [2.24, 2.45) is 0 Å². The quantitative estimate of drug-likeness (QED) is 0.660. The second-order valence-electron chi connectivity index (χ2n) is 4.82. The predicted octanol–water partition coefficient (Wildman–Crippen LogP) is 1.61. The van der Waals surface area contributed by atoms with Crippen LogP contribution in [0, 0.1) is 0 Å². The van der Waals surface area contributed by atoms with Crippen molar-refractivity contribution >= 4 is 37.8 Å². The van der Waals surface area contributed by atoms with Crippen LogP contribution in [0.1, 0.15) is 29.4 Å². The average Bonchev–Trinajstić information content (AvgIpc) is 3.18. The molecule has 1 aliphatic carbocycles. The maximum absolute atomic E-state index is 12.2. The molecule has 1 fully saturated rings. The molecule has 116 valence electrons. The van der Waals surface area contributed by atoms with Gasteiger partial charge >= 0.3 is 0 Å². The van der Waals surface area contributed by atoms with E-state index in [0.717, 1.165) is 24.2 Å². The number of hydrogen-bond donors (Lipinski definition) is 3. The molecule has 1 amide bonds. The Hall–Kier alpha value is -1.54. The van der Waals surface area contributed by atoms with Gasteiger partial charge in [-0.25, -0.2) is 8.42 Å². The molecule has 8 heteroatoms. The molecule has 0 aromatic carbocycles. The minimum atomic E-state index is -3.49. The first kappa shape index (κ1) is 15.8. The van der Waals surface area contributed by atoms with Gasteiger partial charge in [0.25, 0.3) is 5.91 Å². The zero-order chi connectivity index (χ0) is 15.6. The zero-order valence-electron chi connectivity index (χ0n) is 11.8. The Kier molecular flexibility index (Phi) is 4.58. The van der Waals surface area contributed by atoms with Crippen molar-refractivity contribution in [3.8, 4) is 0 Å². The Bertz CT molecular complexity index is 660. The number of hydrogen-bond acceptors (Lipinski definition) is 6. The van der Waals surface area contributed by atoms with Gasteiger partial charge in [-0.1, -0.05) is 13.0 Å². The summed E-state index contributed by atoms with van der Waals surface area (Å²) in [7, 11) is -3.49. The molecule has 0 radical (unpaired) electrons. The predicted molar refractivity (Wildman–Crippen MR) is 85.6 cm³/mol. The van der Waals surface area contributed by atoms with E-state index < -0.39 is 9.84 Å². The highest BCUT2D eigenvalue weighted by Gasteiger charge is 2.31. The first-order chi connectivity index (χ1) is 9.90. The van der Waals surface area contributed by atoms with Crippen LogP contribution in [-0.2, 0) is 9.84 Å². The molecule has 21 heavy (non-hydrogen) atoms. The number of rotatable bonds is 7. The zero-order valence-corrected chi connectivity index (χ0v) is 13.4. The average molecular weight is 329 g/mol. The van der Waals surface area contributed by atoms with Gasteiger partial charge in [-0.3, -0.25) is 4.79 Å². The van der Waals surface area contributed by atoms with Crippen molar-refractivity contribution in [3.05, 3.63) is 17.5 Å². The lowest BCUT2D eigenvalue weighted by Crippen LogP contribution is -2.23. The van der Waals surface area contributed by atoms with E-state index in [9.17, 15) is 13.2 Å². The molecule has 1 saturated carbocycles. The van der Waals surface area contributed by atoms with Crippen molar-refractivity contribution in [1.82, 2.24) is 5.32 Å². The van der Waals surface area contributed by atoms with E-state index in [4.69, 9.17) is 5.73 Å². The highest BCUT2D eigenvalue weighted by Crippen LogP contribution is 2.41. The van der Waals surface area contributed by atoms with Crippen LogP contribution in [0.25, 0.3) is 0 Å². The first-order valence-electron chi connectivity index (χ1n) is 6.71. The summed E-state index contributed by atoms with van der Waals surface area (Å²) >= 11 is 1.09. The fourth-order valence-corrected chi connectivity index (χ4v) is 4.45. The van der Waals surface area contributed by atoms with Gasteiger partial charge in [0.15, 0.2) is 9.84 Å². The van der Waals surface area contributed by atoms with Crippen LogP contribution >= 0.6 is 11.3 Å². The minimum Gasteiger partial charge on any atom is -0.396 e. The van der Waals surface area contributed by atoms with Crippen LogP contribution in [0.3, 0.4) is 0 Å². The summed E-state index contributed by atoms with van der Waals surface area (Å²) in [5.74, 6) is -0.435. The summed E-state index contributed by atoms with van der Waals surface area (Å²) in [4.78, 5) is 12.3. The van der Waals surface area contributed by atoms with E-state index in [2.05, 4.69) is 17.2 Å². The van der Waals surface area contributed by atoms with Gasteiger partial charge < -0.3 is 16.4 Å². The molecule has 0 atom stereocenters. The minimum absolute atomic E-state index is 0.0339. The van der Waals surface area contributed by atoms with E-state index in [0.29, 0.717) is 11.5 Å². The summed E-state index contributed by atoms with van der Waals surface area (Å²) in [6, 6.07) is 0.276. The third-order valence-corrected chi connectivity index (χ3v) is 6.19. The van der Waals surface area contributed by atoms with E-state index in [1.807, 2.05) is 0 Å². The number of nitrogen functional groups attached to an aromatic ring is 1. The smallest absolute Gasteiger partial charge is 0.263 e. The number of nitrogens with two attached hydrogens (primary N) is 1. The van der Waals surface area contributed by atoms with E-state index >= 15 is 0 Å². The Morgan fingerprint density at radius 1 is 1.52 bits per heavy atom. The van der Waals surface area contributed by atoms with Gasteiger partial charge in [0.2, 0.25) is 0 Å². The highest BCUT2D eigenvalue weighted by molar-refractivity contribution is 7.92. The molecule has 4 N–H and O–H groups in total. The van der Waals surface area contributed by atoms with E-state index in [1.165, 1.54) is 0 Å². The molecule has 1 heterocycles. The van der Waals surface area contributed by atoms with Gasteiger partial charge in [-0.2, -0.15) is 0 Å². The topological polar surface area (TPSA) is 101 Å². The van der Waals surface area contributed by atoms with Crippen molar-refractivity contribution in [2.75, 3.05) is 23.3 Å². The lowest BCUT2D eigenvalue weighted by Gasteiger charge is -2.06. The van der Waals surface area contributed by atoms with Crippen molar-refractivity contribution in [1.29, 1.82) is 0 Å². The number of anilines is 2. The molecule has 1 aromatic rings. The van der Waals surface area contributed by atoms with Crippen LogP contribution < -0.4 is 16.4 Å². The number of thiophene rings is 1. The molecule has 0 spiro atoms. The Balaban J connectivity index is 2.43. The third-order valence-electron chi connectivity index (χ3n) is 3.12. The normalized spacial score (nSPS) is 14.7. The molecule has 2 rings (SSSR count). The number of carbonyl (C=O) groups excluding carboxylic acids is 1. The summed E-state index contributed by atoms with van der Waals surface area (Å²) in [5, 5.41) is 6.25. The van der Waals surface area contributed by atoms with Gasteiger partial charge in [0.1, 0.15) is 14.8 Å². The maximum Gasteiger partial charge on any atom is 0.263 e. The maximum atomic E-state index is 12.2. The second-order valence-corrected chi connectivity index (χ2v) is 8.06. The third kappa shape index (κ3) is 3.38. The largest absolute Gasteiger partial charge is 0.396 e. The van der Waals surface area contributed by atoms with Gasteiger partial charge in [0.05, 0.1) is 11.4 Å². The molecule has 0 unspecified atom stereocenters. The molecular weight excluding hydrogens is 310 g/mol. The van der Waals surface area contributed by atoms with Gasteiger partial charge in [-0.05, 0) is 12.8 Å². The SMILES string of the molecule is C=CCNC(=O)c1sc(NC2CC2)c(S(=O)(=O)CC)c1N. The van der Waals surface area contributed by atoms with Crippen molar-refractivity contribution in [2.45, 2.75) is 30.7 Å². The second kappa shape index (κ2) is 6.07. The number of sulfone groups is 1. The van der Waals surface area contributed by atoms with Crippen LogP contribution in [0.4, 0.5) is 10.7 Å². The lowest BCUT2D eigenvalue weighted by molar-refractivity contribution is 0.0963. The van der Waals surface area contributed by atoms with Crippen molar-refractivity contribution in [3.63, 3.8) is 0 Å². The first-order valence-corrected chi connectivity index (χ1v) is 9.18. The van der Waals surface area contributed by atoms with Gasteiger partial charge in [-0.15, -0.1) is 17.9 Å². The Labute approximate surface area is 128 Å². The summed E-state index contributed by atoms with van der Waals surface area (Å²) in [6.07, 6.45) is 3.55. The van der Waals surface area contributed by atoms with Crippen LogP contribution in [0.2, 0.25) is 0 Å². The number of amides is 1. The highest BCUT2D eigenvalue weighted by atomic mass is 32.2. The fraction of sp³-hybridized carbons (Fsp3) is 0.462. The summed E-state index contributed by atoms with van der Waals surface area (Å²) < 4.78 is 24.5. The van der Waals surface area contributed by atoms with E-state index in [1.54, 1.807) is 13.0 Å². The standard InChI is InChI=1S/C13H19N3O3S2/c1-3-7-15-12(17)10-9(14)11(21(18,19)4-2)13(20-10)16-8-5-6-8/h3,8,16H,1,4-7,14H2,2H3,(H,15,17). The van der Waals surface area contributed by atoms with Crippen LogP contribution in [-0.4, -0.2) is 32.7 Å². The molecular formula is C13H19N3O3S2. The molecule has 0 bridgehead atoms. The molecule has 1 aromatic heterocycles.